The summed E-state index contributed by atoms with van der Waals surface area (Å²) in [5.41, 5.74) is 6.47. The van der Waals surface area contributed by atoms with Crippen LogP contribution in [0.2, 0.25) is 0 Å². The van der Waals surface area contributed by atoms with E-state index in [2.05, 4.69) is 10.3 Å². The predicted octanol–water partition coefficient (Wildman–Crippen LogP) is -0.315. The van der Waals surface area contributed by atoms with Crippen molar-refractivity contribution in [3.8, 4) is 6.07 Å². The van der Waals surface area contributed by atoms with Crippen LogP contribution in [0.5, 0.6) is 0 Å². The molecule has 5 nitrogen and oxygen atoms in total. The number of aromatic nitrogens is 1. The van der Waals surface area contributed by atoms with Crippen LogP contribution in [-0.4, -0.2) is 29.3 Å². The number of anilines is 1. The molecule has 1 heterocycles. The third-order valence-electron chi connectivity index (χ3n) is 1.70. The molecule has 1 aromatic rings. The zero-order chi connectivity index (χ0) is 10.4. The van der Waals surface area contributed by atoms with Gasteiger partial charge in [0.15, 0.2) is 5.69 Å². The predicted molar refractivity (Wildman–Crippen MR) is 52.5 cm³/mol. The smallest absolute Gasteiger partial charge is 0.163 e. The van der Waals surface area contributed by atoms with Crippen molar-refractivity contribution in [1.82, 2.24) is 4.98 Å². The van der Waals surface area contributed by atoms with E-state index < -0.39 is 0 Å². The zero-order valence-electron chi connectivity index (χ0n) is 7.64. The average Bonchev–Trinajstić information content (AvgIpc) is 2.26. The second kappa shape index (κ2) is 5.17. The summed E-state index contributed by atoms with van der Waals surface area (Å²) < 4.78 is 0. The number of nitrogens with one attached hydrogen (secondary N) is 1. The maximum atomic E-state index is 8.71. The maximum Gasteiger partial charge on any atom is 0.163 e. The molecule has 1 atom stereocenters. The first-order chi connectivity index (χ1) is 6.77. The molecule has 0 aliphatic carbocycles. The van der Waals surface area contributed by atoms with Crippen molar-refractivity contribution in [1.29, 1.82) is 5.26 Å². The Bertz CT molecular complexity index is 334. The van der Waals surface area contributed by atoms with Crippen LogP contribution < -0.4 is 11.1 Å². The van der Waals surface area contributed by atoms with Crippen molar-refractivity contribution in [3.05, 3.63) is 24.0 Å². The number of hydrogen-bond donors (Lipinski definition) is 3. The number of aliphatic hydroxyl groups is 1. The van der Waals surface area contributed by atoms with E-state index in [0.29, 0.717) is 17.9 Å². The first kappa shape index (κ1) is 10.4. The van der Waals surface area contributed by atoms with E-state index in [4.69, 9.17) is 16.1 Å². The number of nitrogens with two attached hydrogens (primary N) is 1. The molecule has 0 radical (unpaired) electrons. The number of nitrogens with zero attached hydrogens (tertiary/aromatic N) is 2. The van der Waals surface area contributed by atoms with E-state index in [1.54, 1.807) is 18.3 Å². The molecular weight excluding hydrogens is 180 g/mol. The molecule has 14 heavy (non-hydrogen) atoms. The molecule has 0 fully saturated rings. The Balaban J connectivity index is 2.63. The molecule has 0 aliphatic rings. The largest absolute Gasteiger partial charge is 0.395 e. The van der Waals surface area contributed by atoms with E-state index >= 15 is 0 Å². The standard InChI is InChI=1S/C9H12N4O/c10-4-9-8(2-1-3-12-9)13-5-7(11)6-14/h1-3,7,13-14H,5-6,11H2. The van der Waals surface area contributed by atoms with Gasteiger partial charge in [-0.15, -0.1) is 0 Å². The highest BCUT2D eigenvalue weighted by Gasteiger charge is 2.03. The molecule has 74 valence electrons. The Morgan fingerprint density at radius 1 is 1.71 bits per heavy atom. The minimum atomic E-state index is -0.332. The first-order valence-corrected chi connectivity index (χ1v) is 4.23. The lowest BCUT2D eigenvalue weighted by Gasteiger charge is -2.11. The lowest BCUT2D eigenvalue weighted by molar-refractivity contribution is 0.270. The van der Waals surface area contributed by atoms with Crippen LogP contribution >= 0.6 is 0 Å². The van der Waals surface area contributed by atoms with E-state index in [0.717, 1.165) is 0 Å². The summed E-state index contributed by atoms with van der Waals surface area (Å²) in [5.74, 6) is 0. The first-order valence-electron chi connectivity index (χ1n) is 4.23. The summed E-state index contributed by atoms with van der Waals surface area (Å²) in [7, 11) is 0. The van der Waals surface area contributed by atoms with Gasteiger partial charge in [0.05, 0.1) is 12.3 Å². The topological polar surface area (TPSA) is 95.0 Å². The third kappa shape index (κ3) is 2.69. The van der Waals surface area contributed by atoms with Crippen molar-refractivity contribution in [2.45, 2.75) is 6.04 Å². The van der Waals surface area contributed by atoms with E-state index in [1.165, 1.54) is 0 Å². The van der Waals surface area contributed by atoms with E-state index in [9.17, 15) is 0 Å². The molecule has 1 unspecified atom stereocenters. The molecule has 0 saturated heterocycles. The molecule has 1 aromatic heterocycles. The van der Waals surface area contributed by atoms with Crippen LogP contribution in [0.15, 0.2) is 18.3 Å². The fraction of sp³-hybridized carbons (Fsp3) is 0.333. The van der Waals surface area contributed by atoms with Crippen LogP contribution in [0.3, 0.4) is 0 Å². The number of pyridine rings is 1. The zero-order valence-corrected chi connectivity index (χ0v) is 7.64. The Hall–Kier alpha value is -1.64. The molecule has 0 amide bonds. The minimum Gasteiger partial charge on any atom is -0.395 e. The minimum absolute atomic E-state index is 0.0881. The van der Waals surface area contributed by atoms with Gasteiger partial charge in [0.1, 0.15) is 6.07 Å². The van der Waals surface area contributed by atoms with Crippen LogP contribution in [0, 0.1) is 11.3 Å². The molecule has 1 rings (SSSR count). The quantitative estimate of drug-likeness (QED) is 0.608. The van der Waals surface area contributed by atoms with Gasteiger partial charge in [0, 0.05) is 18.8 Å². The van der Waals surface area contributed by atoms with Crippen molar-refractivity contribution < 1.29 is 5.11 Å². The van der Waals surface area contributed by atoms with Gasteiger partial charge in [0.2, 0.25) is 0 Å². The van der Waals surface area contributed by atoms with E-state index in [-0.39, 0.29) is 12.6 Å². The molecule has 0 spiro atoms. The third-order valence-corrected chi connectivity index (χ3v) is 1.70. The fourth-order valence-electron chi connectivity index (χ4n) is 0.943. The Morgan fingerprint density at radius 3 is 3.14 bits per heavy atom. The summed E-state index contributed by atoms with van der Waals surface area (Å²) in [6, 6.07) is 5.10. The second-order valence-electron chi connectivity index (χ2n) is 2.83. The number of hydrogen-bond acceptors (Lipinski definition) is 5. The fourth-order valence-corrected chi connectivity index (χ4v) is 0.943. The van der Waals surface area contributed by atoms with Crippen LogP contribution in [0.1, 0.15) is 5.69 Å². The molecule has 0 bridgehead atoms. The van der Waals surface area contributed by atoms with Gasteiger partial charge < -0.3 is 16.2 Å². The van der Waals surface area contributed by atoms with Crippen molar-refractivity contribution in [2.24, 2.45) is 5.73 Å². The van der Waals surface area contributed by atoms with Crippen molar-refractivity contribution in [3.63, 3.8) is 0 Å². The van der Waals surface area contributed by atoms with Gasteiger partial charge in [-0.25, -0.2) is 4.98 Å². The maximum absolute atomic E-state index is 8.71. The number of rotatable bonds is 4. The molecule has 0 aromatic carbocycles. The average molecular weight is 192 g/mol. The monoisotopic (exact) mass is 192 g/mol. The van der Waals surface area contributed by atoms with Crippen LogP contribution in [-0.2, 0) is 0 Å². The second-order valence-corrected chi connectivity index (χ2v) is 2.83. The van der Waals surface area contributed by atoms with Crippen LogP contribution in [0.25, 0.3) is 0 Å². The normalized spacial score (nSPS) is 11.8. The number of nitriles is 1. The highest BCUT2D eigenvalue weighted by atomic mass is 16.3. The molecule has 5 heteroatoms. The summed E-state index contributed by atoms with van der Waals surface area (Å²) in [4.78, 5) is 3.87. The van der Waals surface area contributed by atoms with Crippen molar-refractivity contribution in [2.75, 3.05) is 18.5 Å². The van der Waals surface area contributed by atoms with Gasteiger partial charge in [0.25, 0.3) is 0 Å². The van der Waals surface area contributed by atoms with Gasteiger partial charge >= 0.3 is 0 Å². The highest BCUT2D eigenvalue weighted by Crippen LogP contribution is 2.09. The summed E-state index contributed by atoms with van der Waals surface area (Å²) in [6.45, 7) is 0.325. The highest BCUT2D eigenvalue weighted by molar-refractivity contribution is 5.53. The Morgan fingerprint density at radius 2 is 2.50 bits per heavy atom. The molecule has 0 saturated carbocycles. The van der Waals surface area contributed by atoms with Gasteiger partial charge in [-0.3, -0.25) is 0 Å². The van der Waals surface area contributed by atoms with Gasteiger partial charge in [-0.05, 0) is 12.1 Å². The number of aliphatic hydroxyl groups excluding tert-OH is 1. The SMILES string of the molecule is N#Cc1ncccc1NCC(N)CO. The summed E-state index contributed by atoms with van der Waals surface area (Å²) in [6.07, 6.45) is 1.55. The molecular formula is C9H12N4O. The molecule has 4 N–H and O–H groups in total. The lowest BCUT2D eigenvalue weighted by Crippen LogP contribution is -2.32. The van der Waals surface area contributed by atoms with Gasteiger partial charge in [-0.2, -0.15) is 5.26 Å². The van der Waals surface area contributed by atoms with Crippen LogP contribution in [0.4, 0.5) is 5.69 Å². The Labute approximate surface area is 82.2 Å². The lowest BCUT2D eigenvalue weighted by atomic mass is 10.3. The van der Waals surface area contributed by atoms with E-state index in [1.807, 2.05) is 6.07 Å². The summed E-state index contributed by atoms with van der Waals surface area (Å²) >= 11 is 0. The van der Waals surface area contributed by atoms with Gasteiger partial charge in [-0.1, -0.05) is 0 Å². The van der Waals surface area contributed by atoms with Crippen molar-refractivity contribution >= 4 is 5.69 Å². The molecule has 0 aliphatic heterocycles. The summed E-state index contributed by atoms with van der Waals surface area (Å²) in [5, 5.41) is 20.3. The Kier molecular flexibility index (Phi) is 3.85.